The van der Waals surface area contributed by atoms with E-state index in [1.54, 1.807) is 13.2 Å². The van der Waals surface area contributed by atoms with E-state index in [1.165, 1.54) is 11.1 Å². The third-order valence-electron chi connectivity index (χ3n) is 4.50. The molecule has 7 nitrogen and oxygen atoms in total. The molecule has 1 aliphatic heterocycles. The summed E-state index contributed by atoms with van der Waals surface area (Å²) in [4.78, 5) is 18.9. The van der Waals surface area contributed by atoms with Crippen LogP contribution >= 0.6 is 0 Å². The van der Waals surface area contributed by atoms with Gasteiger partial charge in [0, 0.05) is 31.5 Å². The van der Waals surface area contributed by atoms with E-state index in [9.17, 15) is 4.79 Å². The number of aromatic nitrogens is 2. The Bertz CT molecular complexity index is 929. The Hall–Kier alpha value is -3.19. The second-order valence-corrected chi connectivity index (χ2v) is 6.40. The number of anilines is 1. The molecule has 0 atom stereocenters. The first kappa shape index (κ1) is 17.2. The topological polar surface area (TPSA) is 80.5 Å². The Balaban J connectivity index is 1.40. The Morgan fingerprint density at radius 2 is 1.96 bits per heavy atom. The molecular weight excluding hydrogens is 344 g/mol. The van der Waals surface area contributed by atoms with Gasteiger partial charge >= 0.3 is 0 Å². The highest BCUT2D eigenvalue weighted by Crippen LogP contribution is 2.28. The van der Waals surface area contributed by atoms with Crippen LogP contribution in [0.1, 0.15) is 33.2 Å². The van der Waals surface area contributed by atoms with E-state index in [0.717, 1.165) is 18.8 Å². The number of fused-ring (bicyclic) bond motifs is 1. The number of nitrogens with one attached hydrogen (secondary N) is 1. The second-order valence-electron chi connectivity index (χ2n) is 6.40. The standard InChI is InChI=1S/C20H20N4O3/c1-26-13-19-22-18(23-27-19)10-21-20(25)14-7-4-8-17(9-14)24-11-15-5-2-3-6-16(15)12-24/h2-9H,10-13H2,1H3,(H,21,25). The van der Waals surface area contributed by atoms with E-state index in [4.69, 9.17) is 9.26 Å². The highest BCUT2D eigenvalue weighted by atomic mass is 16.5. The molecule has 0 bridgehead atoms. The summed E-state index contributed by atoms with van der Waals surface area (Å²) in [5, 5.41) is 6.64. The van der Waals surface area contributed by atoms with Crippen LogP contribution in [0.4, 0.5) is 5.69 Å². The molecule has 3 aromatic rings. The van der Waals surface area contributed by atoms with Crippen molar-refractivity contribution >= 4 is 11.6 Å². The summed E-state index contributed by atoms with van der Waals surface area (Å²) in [6.45, 7) is 2.16. The van der Waals surface area contributed by atoms with Crippen molar-refractivity contribution in [3.63, 3.8) is 0 Å². The van der Waals surface area contributed by atoms with Crippen LogP contribution in [0, 0.1) is 0 Å². The van der Waals surface area contributed by atoms with Gasteiger partial charge in [-0.1, -0.05) is 35.5 Å². The monoisotopic (exact) mass is 364 g/mol. The number of methoxy groups -OCH3 is 1. The van der Waals surface area contributed by atoms with Crippen LogP contribution in [-0.4, -0.2) is 23.2 Å². The predicted octanol–water partition coefficient (Wildman–Crippen LogP) is 2.67. The van der Waals surface area contributed by atoms with E-state index in [-0.39, 0.29) is 19.1 Å². The van der Waals surface area contributed by atoms with Gasteiger partial charge in [-0.2, -0.15) is 4.98 Å². The van der Waals surface area contributed by atoms with Crippen molar-refractivity contribution in [2.75, 3.05) is 12.0 Å². The van der Waals surface area contributed by atoms with Crippen LogP contribution in [0.2, 0.25) is 0 Å². The van der Waals surface area contributed by atoms with Gasteiger partial charge in [0.25, 0.3) is 11.8 Å². The summed E-state index contributed by atoms with van der Waals surface area (Å²) in [6, 6.07) is 16.0. The molecule has 0 radical (unpaired) electrons. The number of carbonyl (C=O) groups excluding carboxylic acids is 1. The van der Waals surface area contributed by atoms with E-state index >= 15 is 0 Å². The van der Waals surface area contributed by atoms with Crippen LogP contribution < -0.4 is 10.2 Å². The van der Waals surface area contributed by atoms with Gasteiger partial charge in [-0.05, 0) is 29.3 Å². The number of rotatable bonds is 6. The average Bonchev–Trinajstić information content (AvgIpc) is 3.33. The number of benzene rings is 2. The third kappa shape index (κ3) is 3.83. The molecule has 27 heavy (non-hydrogen) atoms. The number of nitrogens with zero attached hydrogens (tertiary/aromatic N) is 3. The van der Waals surface area contributed by atoms with Gasteiger partial charge < -0.3 is 19.5 Å². The Labute approximate surface area is 156 Å². The molecule has 0 spiro atoms. The normalized spacial score (nSPS) is 12.9. The summed E-state index contributed by atoms with van der Waals surface area (Å²) < 4.78 is 9.95. The number of carbonyl (C=O) groups is 1. The van der Waals surface area contributed by atoms with Crippen molar-refractivity contribution in [2.24, 2.45) is 0 Å². The van der Waals surface area contributed by atoms with Gasteiger partial charge in [0.2, 0.25) is 0 Å². The molecule has 2 heterocycles. The molecular formula is C20H20N4O3. The molecule has 2 aromatic carbocycles. The number of hydrogen-bond donors (Lipinski definition) is 1. The van der Waals surface area contributed by atoms with E-state index < -0.39 is 0 Å². The first-order valence-corrected chi connectivity index (χ1v) is 8.73. The fourth-order valence-electron chi connectivity index (χ4n) is 3.17. The van der Waals surface area contributed by atoms with Gasteiger partial charge in [-0.3, -0.25) is 4.79 Å². The average molecular weight is 364 g/mol. The van der Waals surface area contributed by atoms with Crippen LogP contribution in [0.25, 0.3) is 0 Å². The first-order chi connectivity index (χ1) is 13.2. The molecule has 0 aliphatic carbocycles. The summed E-state index contributed by atoms with van der Waals surface area (Å²) in [7, 11) is 1.55. The zero-order valence-electron chi connectivity index (χ0n) is 15.0. The van der Waals surface area contributed by atoms with E-state index in [0.29, 0.717) is 17.3 Å². The molecule has 1 aromatic heterocycles. The molecule has 0 unspecified atom stereocenters. The maximum Gasteiger partial charge on any atom is 0.252 e. The lowest BCUT2D eigenvalue weighted by molar-refractivity contribution is 0.0949. The molecule has 138 valence electrons. The first-order valence-electron chi connectivity index (χ1n) is 8.73. The van der Waals surface area contributed by atoms with E-state index in [2.05, 4.69) is 44.6 Å². The van der Waals surface area contributed by atoms with Gasteiger partial charge in [0.15, 0.2) is 5.82 Å². The Morgan fingerprint density at radius 1 is 1.19 bits per heavy atom. The zero-order valence-corrected chi connectivity index (χ0v) is 15.0. The van der Waals surface area contributed by atoms with Gasteiger partial charge in [-0.25, -0.2) is 0 Å². The number of amides is 1. The van der Waals surface area contributed by atoms with Crippen LogP contribution in [0.3, 0.4) is 0 Å². The lowest BCUT2D eigenvalue weighted by Gasteiger charge is -2.18. The minimum atomic E-state index is -0.174. The summed E-state index contributed by atoms with van der Waals surface area (Å²) in [5.41, 5.74) is 4.29. The lowest BCUT2D eigenvalue weighted by Crippen LogP contribution is -2.24. The third-order valence-corrected chi connectivity index (χ3v) is 4.50. The lowest BCUT2D eigenvalue weighted by atomic mass is 10.1. The molecule has 0 saturated carbocycles. The van der Waals surface area contributed by atoms with E-state index in [1.807, 2.05) is 18.2 Å². The van der Waals surface area contributed by atoms with Gasteiger partial charge in [-0.15, -0.1) is 0 Å². The fourth-order valence-corrected chi connectivity index (χ4v) is 3.17. The largest absolute Gasteiger partial charge is 0.375 e. The highest BCUT2D eigenvalue weighted by molar-refractivity contribution is 5.95. The van der Waals surface area contributed by atoms with Crippen molar-refractivity contribution in [1.29, 1.82) is 0 Å². The SMILES string of the molecule is COCc1nc(CNC(=O)c2cccc(N3Cc4ccccc4C3)c2)no1. The summed E-state index contributed by atoms with van der Waals surface area (Å²) in [6.07, 6.45) is 0. The molecule has 4 rings (SSSR count). The minimum Gasteiger partial charge on any atom is -0.375 e. The molecule has 7 heteroatoms. The highest BCUT2D eigenvalue weighted by Gasteiger charge is 2.19. The maximum absolute atomic E-state index is 12.5. The van der Waals surface area contributed by atoms with Crippen molar-refractivity contribution in [2.45, 2.75) is 26.2 Å². The second kappa shape index (κ2) is 7.59. The molecule has 1 amide bonds. The summed E-state index contributed by atoms with van der Waals surface area (Å²) >= 11 is 0. The van der Waals surface area contributed by atoms with Crippen LogP contribution in [-0.2, 0) is 31.0 Å². The smallest absolute Gasteiger partial charge is 0.252 e. The van der Waals surface area contributed by atoms with Gasteiger partial charge in [0.05, 0.1) is 6.54 Å². The summed E-state index contributed by atoms with van der Waals surface area (Å²) in [5.74, 6) is 0.630. The molecule has 1 N–H and O–H groups in total. The quantitative estimate of drug-likeness (QED) is 0.724. The zero-order chi connectivity index (χ0) is 18.6. The number of ether oxygens (including phenoxy) is 1. The Morgan fingerprint density at radius 3 is 2.70 bits per heavy atom. The van der Waals surface area contributed by atoms with Crippen LogP contribution in [0.5, 0.6) is 0 Å². The number of hydrogen-bond acceptors (Lipinski definition) is 6. The maximum atomic E-state index is 12.5. The van der Waals surface area contributed by atoms with Crippen molar-refractivity contribution in [3.8, 4) is 0 Å². The molecule has 0 fully saturated rings. The van der Waals surface area contributed by atoms with Crippen molar-refractivity contribution < 1.29 is 14.1 Å². The molecule has 0 saturated heterocycles. The van der Waals surface area contributed by atoms with Gasteiger partial charge in [0.1, 0.15) is 6.61 Å². The molecule has 1 aliphatic rings. The Kier molecular flexibility index (Phi) is 4.84. The predicted molar refractivity (Wildman–Crippen MR) is 99.0 cm³/mol. The van der Waals surface area contributed by atoms with Crippen molar-refractivity contribution in [1.82, 2.24) is 15.5 Å². The minimum absolute atomic E-state index is 0.174. The fraction of sp³-hybridized carbons (Fsp3) is 0.250. The van der Waals surface area contributed by atoms with Crippen molar-refractivity contribution in [3.05, 3.63) is 76.9 Å². The van der Waals surface area contributed by atoms with Crippen LogP contribution in [0.15, 0.2) is 53.1 Å².